The number of halogens is 1. The molecule has 1 fully saturated rings. The van der Waals surface area contributed by atoms with Crippen molar-refractivity contribution >= 4 is 11.5 Å². The van der Waals surface area contributed by atoms with E-state index in [0.717, 1.165) is 17.4 Å². The molecule has 2 aliphatic heterocycles. The van der Waals surface area contributed by atoms with Crippen LogP contribution in [0, 0.1) is 17.8 Å². The van der Waals surface area contributed by atoms with Crippen molar-refractivity contribution in [3.8, 4) is 11.5 Å². The molecule has 3 aromatic rings. The first-order chi connectivity index (χ1) is 20.2. The Labute approximate surface area is 268 Å². The van der Waals surface area contributed by atoms with Gasteiger partial charge in [-0.2, -0.15) is 4.39 Å². The van der Waals surface area contributed by atoms with Crippen LogP contribution in [-0.2, 0) is 0 Å². The number of ether oxygens (including phenoxy) is 2. The highest BCUT2D eigenvalue weighted by atomic mass is 19.2. The lowest BCUT2D eigenvalue weighted by molar-refractivity contribution is -0.173. The maximum absolute atomic E-state index is 13.0. The van der Waals surface area contributed by atoms with Gasteiger partial charge in [-0.3, -0.25) is 4.79 Å². The average molecular weight is 611 g/mol. The molecule has 0 unspecified atom stereocenters. The number of hydrogen-bond donors (Lipinski definition) is 1. The number of carbonyl (C=O) groups is 1. The molecular weight excluding hydrogens is 551 g/mol. The molecule has 0 atom stereocenters. The Kier molecular flexibility index (Phi) is 19.7. The molecule has 0 aromatic heterocycles. The van der Waals surface area contributed by atoms with E-state index in [-0.39, 0.29) is 19.1 Å². The van der Waals surface area contributed by atoms with Crippen molar-refractivity contribution in [1.29, 1.82) is 0 Å². The van der Waals surface area contributed by atoms with Crippen molar-refractivity contribution in [2.75, 3.05) is 25.0 Å². The van der Waals surface area contributed by atoms with Crippen LogP contribution in [0.5, 0.6) is 11.5 Å². The highest BCUT2D eigenvalue weighted by molar-refractivity contribution is 5.97. The van der Waals surface area contributed by atoms with E-state index in [1.165, 1.54) is 32.2 Å². The number of alkyl halides is 1. The molecule has 246 valence electrons. The number of fused-ring (bicyclic) bond motifs is 1. The number of Topliss-reactive ketones (excluding diaryl/α,β-unsaturated/α-hetero) is 1. The predicted octanol–water partition coefficient (Wildman–Crippen LogP) is 10.4. The lowest BCUT2D eigenvalue weighted by atomic mass is 10.0. The fourth-order valence-corrected chi connectivity index (χ4v) is 3.61. The lowest BCUT2D eigenvalue weighted by Gasteiger charge is -2.10. The molecule has 5 nitrogen and oxygen atoms in total. The van der Waals surface area contributed by atoms with Gasteiger partial charge in [-0.05, 0) is 49.9 Å². The van der Waals surface area contributed by atoms with Gasteiger partial charge in [0.15, 0.2) is 17.3 Å². The normalized spacial score (nSPS) is 13.5. The Morgan fingerprint density at radius 3 is 1.52 bits per heavy atom. The van der Waals surface area contributed by atoms with Gasteiger partial charge < -0.3 is 19.7 Å². The smallest absolute Gasteiger partial charge is 0.404 e. The van der Waals surface area contributed by atoms with Crippen molar-refractivity contribution in [3.63, 3.8) is 0 Å². The third kappa shape index (κ3) is 19.7. The number of nitrogens with one attached hydrogen (secondary N) is 1. The van der Waals surface area contributed by atoms with Gasteiger partial charge in [-0.15, -0.1) is 0 Å². The zero-order valence-corrected chi connectivity index (χ0v) is 28.1. The Hall–Kier alpha value is -3.38. The predicted molar refractivity (Wildman–Crippen MR) is 187 cm³/mol. The van der Waals surface area contributed by atoms with Gasteiger partial charge in [0.25, 0.3) is 0 Å². The van der Waals surface area contributed by atoms with E-state index < -0.39 is 6.04 Å². The summed E-state index contributed by atoms with van der Waals surface area (Å²) < 4.78 is 22.6. The van der Waals surface area contributed by atoms with Crippen LogP contribution < -0.4 is 14.8 Å². The summed E-state index contributed by atoms with van der Waals surface area (Å²) in [4.78, 5) is 13.8. The quantitative estimate of drug-likeness (QED) is 0.222. The van der Waals surface area contributed by atoms with Crippen LogP contribution in [0.15, 0.2) is 84.9 Å². The van der Waals surface area contributed by atoms with Crippen molar-refractivity contribution in [2.45, 2.75) is 88.7 Å². The highest BCUT2D eigenvalue weighted by Crippen LogP contribution is 2.39. The summed E-state index contributed by atoms with van der Waals surface area (Å²) in [5.74, 6) is 2.92. The van der Waals surface area contributed by atoms with E-state index in [1.54, 1.807) is 24.3 Å². The van der Waals surface area contributed by atoms with E-state index >= 15 is 0 Å². The summed E-state index contributed by atoms with van der Waals surface area (Å²) in [5.41, 5.74) is 2.00. The van der Waals surface area contributed by atoms with Gasteiger partial charge in [0.1, 0.15) is 0 Å². The molecule has 2 aliphatic rings. The van der Waals surface area contributed by atoms with E-state index in [9.17, 15) is 9.18 Å². The molecule has 0 spiro atoms. The largest absolute Gasteiger partial charge is 0.423 e. The summed E-state index contributed by atoms with van der Waals surface area (Å²) >= 11 is 0. The number of benzene rings is 3. The van der Waals surface area contributed by atoms with Crippen LogP contribution in [0.2, 0.25) is 0 Å². The number of para-hydroxylation sites is 3. The number of rotatable bonds is 6. The van der Waals surface area contributed by atoms with Crippen LogP contribution in [-0.4, -0.2) is 42.4 Å². The first-order valence-corrected chi connectivity index (χ1v) is 15.5. The Morgan fingerprint density at radius 1 is 0.773 bits per heavy atom. The van der Waals surface area contributed by atoms with Crippen LogP contribution in [0.3, 0.4) is 0 Å². The van der Waals surface area contributed by atoms with Crippen LogP contribution in [0.4, 0.5) is 10.1 Å². The molecule has 0 saturated carbocycles. The minimum Gasteiger partial charge on any atom is -0.423 e. The minimum atomic E-state index is -2.00. The molecule has 5 rings (SSSR count). The molecule has 0 aliphatic carbocycles. The molecule has 2 heterocycles. The zero-order valence-electron chi connectivity index (χ0n) is 28.1. The van der Waals surface area contributed by atoms with Crippen molar-refractivity contribution in [2.24, 2.45) is 17.8 Å². The number of anilines is 1. The minimum absolute atomic E-state index is 0. The van der Waals surface area contributed by atoms with E-state index in [2.05, 4.69) is 70.8 Å². The van der Waals surface area contributed by atoms with Gasteiger partial charge >= 0.3 is 6.04 Å². The number of carbonyl (C=O) groups excluding carboxylic acids is 1. The van der Waals surface area contributed by atoms with Crippen molar-refractivity contribution in [3.05, 3.63) is 90.5 Å². The molecule has 44 heavy (non-hydrogen) atoms. The standard InChI is InChI=1S/C10H12O.C9H13N.C8H7FO2.C6H13N.C4H10.CH4/c1-8(2)10(11)9-6-4-3-5-7-9;1-8(2)10-9-6-4-3-5-7-9;1-8(9)10-6-4-2-3-5-7(6)11-8;1-6(2)5-7-3-4-7;1-4(2)3;/h3-8H,1-2H3;3-8,10H,1-2H3;2-5H,1H3;6H,3-5H2,1-2H3;4H,1-3H3;1H4. The molecule has 0 radical (unpaired) electrons. The number of nitrogens with zero attached hydrogens (tertiary/aromatic N) is 1. The van der Waals surface area contributed by atoms with E-state index in [4.69, 9.17) is 9.47 Å². The summed E-state index contributed by atoms with van der Waals surface area (Å²) in [6.07, 6.45) is 0. The number of hydrogen-bond acceptors (Lipinski definition) is 5. The fourth-order valence-electron chi connectivity index (χ4n) is 3.61. The first kappa shape index (κ1) is 40.6. The topological polar surface area (TPSA) is 50.6 Å². The average Bonchev–Trinajstić information content (AvgIpc) is 3.67. The maximum atomic E-state index is 13.0. The summed E-state index contributed by atoms with van der Waals surface area (Å²) in [6.45, 7) is 24.3. The van der Waals surface area contributed by atoms with E-state index in [1.807, 2.05) is 62.4 Å². The van der Waals surface area contributed by atoms with Crippen molar-refractivity contribution in [1.82, 2.24) is 4.90 Å². The summed E-state index contributed by atoms with van der Waals surface area (Å²) in [5, 5.41) is 3.30. The molecule has 0 amide bonds. The fraction of sp³-hybridized carbons (Fsp3) is 0.500. The summed E-state index contributed by atoms with van der Waals surface area (Å²) in [6, 6.07) is 25.0. The van der Waals surface area contributed by atoms with Gasteiger partial charge in [0, 0.05) is 49.8 Å². The van der Waals surface area contributed by atoms with Crippen LogP contribution in [0.25, 0.3) is 0 Å². The van der Waals surface area contributed by atoms with Gasteiger partial charge in [0.05, 0.1) is 0 Å². The van der Waals surface area contributed by atoms with Gasteiger partial charge in [-0.1, -0.05) is 117 Å². The Morgan fingerprint density at radius 2 is 1.18 bits per heavy atom. The first-order valence-electron chi connectivity index (χ1n) is 15.5. The lowest BCUT2D eigenvalue weighted by Crippen LogP contribution is -2.27. The van der Waals surface area contributed by atoms with Gasteiger partial charge in [0.2, 0.25) is 0 Å². The van der Waals surface area contributed by atoms with E-state index in [0.29, 0.717) is 17.5 Å². The summed E-state index contributed by atoms with van der Waals surface area (Å²) in [7, 11) is 0. The highest BCUT2D eigenvalue weighted by Gasteiger charge is 2.36. The molecule has 1 saturated heterocycles. The Balaban J connectivity index is 0.000000540. The maximum Gasteiger partial charge on any atom is 0.404 e. The number of ketones is 1. The Bertz CT molecular complexity index is 1120. The molecule has 6 heteroatoms. The third-order valence-electron chi connectivity index (χ3n) is 5.41. The second-order valence-electron chi connectivity index (χ2n) is 12.5. The molecule has 3 aromatic carbocycles. The van der Waals surface area contributed by atoms with Gasteiger partial charge in [-0.25, -0.2) is 0 Å². The third-order valence-corrected chi connectivity index (χ3v) is 5.41. The molecule has 1 N–H and O–H groups in total. The SMILES string of the molecule is C.CC(C)C.CC(C)C(=O)c1ccccc1.CC(C)CN1CC1.CC(C)Nc1ccccc1.CC1(F)Oc2ccccc2O1. The molecule has 0 bridgehead atoms. The zero-order chi connectivity index (χ0) is 32.4. The van der Waals surface area contributed by atoms with Crippen molar-refractivity contribution < 1.29 is 18.7 Å². The van der Waals surface area contributed by atoms with Crippen LogP contribution >= 0.6 is 0 Å². The molecular formula is C38H59FN2O3. The van der Waals surface area contributed by atoms with Crippen LogP contribution in [0.1, 0.15) is 87.0 Å². The second kappa shape index (κ2) is 21.3. The monoisotopic (exact) mass is 610 g/mol. The second-order valence-corrected chi connectivity index (χ2v) is 12.5.